The fourth-order valence-electron chi connectivity index (χ4n) is 2.86. The molecule has 2 N–H and O–H groups in total. The van der Waals surface area contributed by atoms with Gasteiger partial charge in [0.05, 0.1) is 11.8 Å². The predicted molar refractivity (Wildman–Crippen MR) is 97.2 cm³/mol. The first-order valence-corrected chi connectivity index (χ1v) is 9.10. The van der Waals surface area contributed by atoms with Gasteiger partial charge in [0.2, 0.25) is 5.91 Å². The second-order valence-electron chi connectivity index (χ2n) is 5.94. The molecule has 0 aromatic heterocycles. The van der Waals surface area contributed by atoms with E-state index in [9.17, 15) is 4.79 Å². The van der Waals surface area contributed by atoms with E-state index in [-0.39, 0.29) is 5.91 Å². The van der Waals surface area contributed by atoms with Crippen molar-refractivity contribution < 1.29 is 4.79 Å². The number of anilines is 1. The molecule has 0 bridgehead atoms. The Balaban J connectivity index is 1.61. The van der Waals surface area contributed by atoms with Crippen LogP contribution in [0.1, 0.15) is 44.6 Å². The maximum absolute atomic E-state index is 11.0. The minimum absolute atomic E-state index is 0.0615. The third kappa shape index (κ3) is 4.58. The molecule has 23 heavy (non-hydrogen) atoms. The molecule has 122 valence electrons. The van der Waals surface area contributed by atoms with Crippen LogP contribution in [0.2, 0.25) is 0 Å². The van der Waals surface area contributed by atoms with E-state index >= 15 is 0 Å². The van der Waals surface area contributed by atoms with Crippen LogP contribution in [0.15, 0.2) is 34.4 Å². The lowest BCUT2D eigenvalue weighted by Crippen LogP contribution is -2.27. The van der Waals surface area contributed by atoms with Gasteiger partial charge in [0, 0.05) is 18.4 Å². The third-order valence-corrected chi connectivity index (χ3v) is 4.93. The number of rotatable bonds is 3. The van der Waals surface area contributed by atoms with E-state index < -0.39 is 0 Å². The Labute approximate surface area is 141 Å². The van der Waals surface area contributed by atoms with Crippen molar-refractivity contribution in [1.29, 1.82) is 0 Å². The first kappa shape index (κ1) is 16.1. The van der Waals surface area contributed by atoms with E-state index in [1.54, 1.807) is 11.8 Å². The van der Waals surface area contributed by atoms with Gasteiger partial charge in [-0.2, -0.15) is 5.10 Å². The molecule has 2 aliphatic rings. The average Bonchev–Trinajstić information content (AvgIpc) is 2.57. The molecule has 0 saturated heterocycles. The highest BCUT2D eigenvalue weighted by molar-refractivity contribution is 8.14. The summed E-state index contributed by atoms with van der Waals surface area (Å²) < 4.78 is 0. The first-order valence-electron chi connectivity index (χ1n) is 8.12. The van der Waals surface area contributed by atoms with Crippen molar-refractivity contribution in [2.24, 2.45) is 10.1 Å². The molecule has 1 aromatic rings. The van der Waals surface area contributed by atoms with Gasteiger partial charge in [0.25, 0.3) is 0 Å². The Morgan fingerprint density at radius 2 is 2.00 bits per heavy atom. The van der Waals surface area contributed by atoms with Crippen LogP contribution in [-0.4, -0.2) is 28.6 Å². The number of carbonyl (C=O) groups is 1. The number of amidine groups is 1. The molecule has 0 atom stereocenters. The zero-order chi connectivity index (χ0) is 16.1. The van der Waals surface area contributed by atoms with Crippen LogP contribution in [-0.2, 0) is 4.79 Å². The van der Waals surface area contributed by atoms with Gasteiger partial charge in [0.15, 0.2) is 5.17 Å². The van der Waals surface area contributed by atoms with Crippen LogP contribution in [0.25, 0.3) is 0 Å². The lowest BCUT2D eigenvalue weighted by atomic mass is 9.96. The largest absolute Gasteiger partial charge is 0.326 e. The number of amides is 1. The molecule has 0 unspecified atom stereocenters. The molecule has 0 radical (unpaired) electrons. The van der Waals surface area contributed by atoms with Crippen molar-refractivity contribution >= 4 is 34.2 Å². The van der Waals surface area contributed by atoms with Crippen LogP contribution in [0, 0.1) is 0 Å². The zero-order valence-electron chi connectivity index (χ0n) is 13.3. The summed E-state index contributed by atoms with van der Waals surface area (Å²) in [6.07, 6.45) is 6.33. The Bertz CT molecular complexity index is 618. The van der Waals surface area contributed by atoms with Crippen LogP contribution in [0.5, 0.6) is 0 Å². The van der Waals surface area contributed by atoms with Crippen LogP contribution >= 0.6 is 11.8 Å². The lowest BCUT2D eigenvalue weighted by Gasteiger charge is -2.21. The number of benzene rings is 1. The van der Waals surface area contributed by atoms with E-state index in [0.717, 1.165) is 27.9 Å². The maximum atomic E-state index is 11.0. The monoisotopic (exact) mass is 330 g/mol. The second-order valence-corrected chi connectivity index (χ2v) is 6.91. The van der Waals surface area contributed by atoms with Gasteiger partial charge in [-0.1, -0.05) is 43.2 Å². The molecular weight excluding hydrogens is 308 g/mol. The Morgan fingerprint density at radius 1 is 1.26 bits per heavy atom. The molecule has 1 fully saturated rings. The van der Waals surface area contributed by atoms with Gasteiger partial charge in [0.1, 0.15) is 0 Å². The highest BCUT2D eigenvalue weighted by atomic mass is 32.2. The molecule has 1 amide bonds. The number of nitrogens with zero attached hydrogens (tertiary/aromatic N) is 2. The molecule has 1 saturated carbocycles. The summed E-state index contributed by atoms with van der Waals surface area (Å²) >= 11 is 1.71. The molecule has 1 aliphatic heterocycles. The van der Waals surface area contributed by atoms with Crippen molar-refractivity contribution in [1.82, 2.24) is 5.43 Å². The number of thioether (sulfide) groups is 1. The highest BCUT2D eigenvalue weighted by Crippen LogP contribution is 2.22. The topological polar surface area (TPSA) is 65.8 Å². The summed E-state index contributed by atoms with van der Waals surface area (Å²) in [6, 6.07) is 8.23. The van der Waals surface area contributed by atoms with Crippen molar-refractivity contribution in [2.75, 3.05) is 11.1 Å². The van der Waals surface area contributed by atoms with Crippen LogP contribution < -0.4 is 10.7 Å². The number of hydrogen-bond donors (Lipinski definition) is 2. The van der Waals surface area contributed by atoms with E-state index in [1.165, 1.54) is 39.0 Å². The van der Waals surface area contributed by atoms with Crippen molar-refractivity contribution in [3.8, 4) is 0 Å². The zero-order valence-corrected chi connectivity index (χ0v) is 14.2. The van der Waals surface area contributed by atoms with Gasteiger partial charge in [-0.25, -0.2) is 0 Å². The smallest absolute Gasteiger partial charge is 0.221 e. The van der Waals surface area contributed by atoms with Crippen LogP contribution in [0.4, 0.5) is 5.69 Å². The van der Waals surface area contributed by atoms with Crippen molar-refractivity contribution in [3.05, 3.63) is 29.8 Å². The number of carbonyl (C=O) groups excluding carboxylic acids is 1. The van der Waals surface area contributed by atoms with E-state index in [0.29, 0.717) is 6.04 Å². The summed E-state index contributed by atoms with van der Waals surface area (Å²) in [5, 5.41) is 8.17. The maximum Gasteiger partial charge on any atom is 0.221 e. The molecule has 0 spiro atoms. The average molecular weight is 330 g/mol. The Morgan fingerprint density at radius 3 is 2.61 bits per heavy atom. The van der Waals surface area contributed by atoms with Gasteiger partial charge in [-0.15, -0.1) is 0 Å². The van der Waals surface area contributed by atoms with E-state index in [4.69, 9.17) is 4.99 Å². The number of hydrogen-bond acceptors (Lipinski definition) is 4. The fourth-order valence-corrected chi connectivity index (χ4v) is 3.69. The minimum atomic E-state index is -0.0615. The first-order chi connectivity index (χ1) is 11.2. The number of aliphatic imine (C=N–C) groups is 1. The summed E-state index contributed by atoms with van der Waals surface area (Å²) in [4.78, 5) is 15.8. The van der Waals surface area contributed by atoms with Crippen molar-refractivity contribution in [2.45, 2.75) is 45.1 Å². The quantitative estimate of drug-likeness (QED) is 0.893. The fraction of sp³-hybridized carbons (Fsp3) is 0.471. The molecule has 1 aromatic carbocycles. The summed E-state index contributed by atoms with van der Waals surface area (Å²) in [7, 11) is 0. The van der Waals surface area contributed by atoms with Gasteiger partial charge >= 0.3 is 0 Å². The number of nitrogens with one attached hydrogen (secondary N) is 2. The molecule has 1 heterocycles. The predicted octanol–water partition coefficient (Wildman–Crippen LogP) is 3.37. The van der Waals surface area contributed by atoms with E-state index in [2.05, 4.69) is 15.8 Å². The SMILES string of the molecule is CC(=O)Nc1ccc(C2=NNC(=NC3CCCCC3)SC2)cc1. The van der Waals surface area contributed by atoms with Crippen LogP contribution in [0.3, 0.4) is 0 Å². The minimum Gasteiger partial charge on any atom is -0.326 e. The third-order valence-electron chi connectivity index (χ3n) is 4.05. The lowest BCUT2D eigenvalue weighted by molar-refractivity contribution is -0.114. The summed E-state index contributed by atoms with van der Waals surface area (Å²) in [6.45, 7) is 1.51. The Hall–Kier alpha value is -1.82. The normalized spacial score (nSPS) is 20.7. The second kappa shape index (κ2) is 7.64. The highest BCUT2D eigenvalue weighted by Gasteiger charge is 2.17. The molecule has 5 nitrogen and oxygen atoms in total. The summed E-state index contributed by atoms with van der Waals surface area (Å²) in [5.41, 5.74) is 5.97. The van der Waals surface area contributed by atoms with Gasteiger partial charge < -0.3 is 5.32 Å². The molecule has 3 rings (SSSR count). The van der Waals surface area contributed by atoms with Gasteiger partial charge in [-0.3, -0.25) is 15.2 Å². The molecular formula is C17H22N4OS. The molecule has 6 heteroatoms. The van der Waals surface area contributed by atoms with E-state index in [1.807, 2.05) is 24.3 Å². The number of hydrazone groups is 1. The van der Waals surface area contributed by atoms with Gasteiger partial charge in [-0.05, 0) is 30.5 Å². The standard InChI is InChI=1S/C17H22N4OS/c1-12(22)18-15-9-7-13(8-10-15)16-11-23-17(21-20-16)19-14-5-3-2-4-6-14/h7-10,14H,2-6,11H2,1H3,(H,18,22)(H,19,21). The van der Waals surface area contributed by atoms with Crippen molar-refractivity contribution in [3.63, 3.8) is 0 Å². The molecule has 1 aliphatic carbocycles. The Kier molecular flexibility index (Phi) is 5.33. The summed E-state index contributed by atoms with van der Waals surface area (Å²) in [5.74, 6) is 0.756.